The Morgan fingerprint density at radius 2 is 2.25 bits per heavy atom. The minimum atomic E-state index is -0.775. The third-order valence-corrected chi connectivity index (χ3v) is 4.51. The molecule has 0 radical (unpaired) electrons. The van der Waals surface area contributed by atoms with Crippen molar-refractivity contribution >= 4 is 11.7 Å². The fraction of sp³-hybridized carbons (Fsp3) is 0.438. The Hall–Kier alpha value is -1.97. The first-order valence-corrected chi connectivity index (χ1v) is 7.08. The van der Waals surface area contributed by atoms with Crippen LogP contribution in [0.4, 0.5) is 5.69 Å². The van der Waals surface area contributed by atoms with Crippen LogP contribution < -0.4 is 5.32 Å². The number of carboxylic acid groups (broad SMARTS) is 1. The van der Waals surface area contributed by atoms with E-state index in [1.54, 1.807) is 6.26 Å². The molecule has 4 heteroatoms. The lowest BCUT2D eigenvalue weighted by atomic mass is 9.77. The monoisotopic (exact) mass is 273 g/mol. The van der Waals surface area contributed by atoms with Gasteiger partial charge in [-0.1, -0.05) is 25.1 Å². The molecule has 2 heterocycles. The van der Waals surface area contributed by atoms with Crippen LogP contribution in [0.25, 0.3) is 0 Å². The first kappa shape index (κ1) is 13.0. The summed E-state index contributed by atoms with van der Waals surface area (Å²) in [6.07, 6.45) is 5.25. The van der Waals surface area contributed by atoms with E-state index < -0.39 is 11.6 Å². The normalized spacial score (nSPS) is 30.1. The molecule has 0 saturated carbocycles. The average molecular weight is 273 g/mol. The first-order chi connectivity index (χ1) is 9.66. The van der Waals surface area contributed by atoms with Crippen LogP contribution in [0.2, 0.25) is 0 Å². The number of nitrogens with one attached hydrogen (secondary N) is 1. The van der Waals surface area contributed by atoms with Gasteiger partial charge in [0.2, 0.25) is 0 Å². The van der Waals surface area contributed by atoms with Crippen molar-refractivity contribution in [1.82, 2.24) is 0 Å². The molecule has 2 N–H and O–H groups in total. The summed E-state index contributed by atoms with van der Waals surface area (Å²) in [7, 11) is 0. The first-order valence-electron chi connectivity index (χ1n) is 7.08. The van der Waals surface area contributed by atoms with Gasteiger partial charge in [0.15, 0.2) is 0 Å². The zero-order valence-corrected chi connectivity index (χ0v) is 11.5. The summed E-state index contributed by atoms with van der Waals surface area (Å²) in [6.45, 7) is 2.06. The molecule has 2 aliphatic heterocycles. The third kappa shape index (κ3) is 1.96. The zero-order chi connectivity index (χ0) is 14.2. The highest BCUT2D eigenvalue weighted by atomic mass is 16.5. The van der Waals surface area contributed by atoms with Gasteiger partial charge in [0.05, 0.1) is 12.3 Å². The van der Waals surface area contributed by atoms with E-state index in [0.717, 1.165) is 12.1 Å². The van der Waals surface area contributed by atoms with Crippen molar-refractivity contribution < 1.29 is 14.6 Å². The Morgan fingerprint density at radius 1 is 1.45 bits per heavy atom. The molecule has 3 atom stereocenters. The second-order valence-electron chi connectivity index (χ2n) is 5.49. The summed E-state index contributed by atoms with van der Waals surface area (Å²) in [5, 5.41) is 12.5. The van der Waals surface area contributed by atoms with Crippen molar-refractivity contribution in [3.05, 3.63) is 42.2 Å². The number of carboxylic acids is 1. The predicted octanol–water partition coefficient (Wildman–Crippen LogP) is 3.12. The van der Waals surface area contributed by atoms with Crippen LogP contribution in [0.5, 0.6) is 0 Å². The SMILES string of the molecule is CCC1(CCC(=O)O)OC=CC2c3ccccc3NC21. The van der Waals surface area contributed by atoms with Crippen LogP contribution in [0.15, 0.2) is 36.6 Å². The van der Waals surface area contributed by atoms with Gasteiger partial charge in [0, 0.05) is 18.0 Å². The molecule has 3 unspecified atom stereocenters. The summed E-state index contributed by atoms with van der Waals surface area (Å²) < 4.78 is 5.90. The highest BCUT2D eigenvalue weighted by Crippen LogP contribution is 2.47. The van der Waals surface area contributed by atoms with Crippen molar-refractivity contribution in [2.45, 2.75) is 43.7 Å². The van der Waals surface area contributed by atoms with Gasteiger partial charge in [0.1, 0.15) is 5.60 Å². The predicted molar refractivity (Wildman–Crippen MR) is 76.7 cm³/mol. The smallest absolute Gasteiger partial charge is 0.303 e. The summed E-state index contributed by atoms with van der Waals surface area (Å²) in [5.74, 6) is -0.517. The molecule has 20 heavy (non-hydrogen) atoms. The van der Waals surface area contributed by atoms with E-state index in [2.05, 4.69) is 30.4 Å². The molecule has 0 saturated heterocycles. The molecule has 0 amide bonds. The molecular weight excluding hydrogens is 254 g/mol. The van der Waals surface area contributed by atoms with Crippen LogP contribution >= 0.6 is 0 Å². The van der Waals surface area contributed by atoms with Gasteiger partial charge in [-0.25, -0.2) is 0 Å². The van der Waals surface area contributed by atoms with Gasteiger partial charge in [-0.05, 0) is 30.5 Å². The van der Waals surface area contributed by atoms with Crippen LogP contribution in [0.1, 0.15) is 37.7 Å². The fourth-order valence-corrected chi connectivity index (χ4v) is 3.38. The Morgan fingerprint density at radius 3 is 3.00 bits per heavy atom. The van der Waals surface area contributed by atoms with Crippen LogP contribution in [-0.2, 0) is 9.53 Å². The second-order valence-corrected chi connectivity index (χ2v) is 5.49. The van der Waals surface area contributed by atoms with E-state index in [1.165, 1.54) is 5.56 Å². The van der Waals surface area contributed by atoms with Crippen LogP contribution in [-0.4, -0.2) is 22.7 Å². The Kier molecular flexibility index (Phi) is 3.16. The highest BCUT2D eigenvalue weighted by molar-refractivity contribution is 5.67. The molecule has 0 aromatic heterocycles. The molecule has 4 nitrogen and oxygen atoms in total. The number of ether oxygens (including phenoxy) is 1. The maximum Gasteiger partial charge on any atom is 0.303 e. The number of fused-ring (bicyclic) bond motifs is 3. The summed E-state index contributed by atoms with van der Waals surface area (Å²) in [6, 6.07) is 8.35. The van der Waals surface area contributed by atoms with E-state index in [-0.39, 0.29) is 18.4 Å². The Balaban J connectivity index is 1.92. The molecule has 1 aromatic carbocycles. The molecule has 0 spiro atoms. The van der Waals surface area contributed by atoms with Gasteiger partial charge in [-0.2, -0.15) is 0 Å². The minimum absolute atomic E-state index is 0.106. The quantitative estimate of drug-likeness (QED) is 0.885. The largest absolute Gasteiger partial charge is 0.493 e. The van der Waals surface area contributed by atoms with E-state index >= 15 is 0 Å². The van der Waals surface area contributed by atoms with Crippen molar-refractivity contribution in [3.63, 3.8) is 0 Å². The number of rotatable bonds is 4. The topological polar surface area (TPSA) is 58.6 Å². The van der Waals surface area contributed by atoms with E-state index in [1.807, 2.05) is 12.1 Å². The van der Waals surface area contributed by atoms with Crippen molar-refractivity contribution in [1.29, 1.82) is 0 Å². The van der Waals surface area contributed by atoms with Crippen molar-refractivity contribution in [2.24, 2.45) is 0 Å². The lowest BCUT2D eigenvalue weighted by Crippen LogP contribution is -2.50. The molecule has 3 rings (SSSR count). The van der Waals surface area contributed by atoms with Gasteiger partial charge < -0.3 is 15.2 Å². The van der Waals surface area contributed by atoms with Crippen LogP contribution in [0, 0.1) is 0 Å². The number of para-hydroxylation sites is 1. The molecule has 0 aliphatic carbocycles. The van der Waals surface area contributed by atoms with Gasteiger partial charge in [-0.3, -0.25) is 4.79 Å². The molecule has 106 valence electrons. The fourth-order valence-electron chi connectivity index (χ4n) is 3.38. The number of hydrogen-bond acceptors (Lipinski definition) is 3. The molecular formula is C16H19NO3. The number of carbonyl (C=O) groups is 1. The minimum Gasteiger partial charge on any atom is -0.493 e. The zero-order valence-electron chi connectivity index (χ0n) is 11.5. The van der Waals surface area contributed by atoms with E-state index in [4.69, 9.17) is 9.84 Å². The Bertz CT molecular complexity index is 554. The lowest BCUT2D eigenvalue weighted by Gasteiger charge is -2.42. The lowest BCUT2D eigenvalue weighted by molar-refractivity contribution is -0.139. The number of aliphatic carboxylic acids is 1. The maximum atomic E-state index is 10.9. The van der Waals surface area contributed by atoms with E-state index in [0.29, 0.717) is 6.42 Å². The standard InChI is InChI=1S/C16H19NO3/c1-2-16(9-7-14(18)19)15-12(8-10-20-16)11-5-3-4-6-13(11)17-15/h3-6,8,10,12,15,17H,2,7,9H2,1H3,(H,18,19). The third-order valence-electron chi connectivity index (χ3n) is 4.51. The van der Waals surface area contributed by atoms with Crippen molar-refractivity contribution in [3.8, 4) is 0 Å². The second kappa shape index (κ2) is 4.85. The maximum absolute atomic E-state index is 10.9. The number of benzene rings is 1. The van der Waals surface area contributed by atoms with Gasteiger partial charge in [-0.15, -0.1) is 0 Å². The van der Waals surface area contributed by atoms with E-state index in [9.17, 15) is 4.79 Å². The van der Waals surface area contributed by atoms with Crippen molar-refractivity contribution in [2.75, 3.05) is 5.32 Å². The summed E-state index contributed by atoms with van der Waals surface area (Å²) in [5.41, 5.74) is 1.95. The highest BCUT2D eigenvalue weighted by Gasteiger charge is 2.48. The average Bonchev–Trinajstić information content (AvgIpc) is 2.85. The van der Waals surface area contributed by atoms with Gasteiger partial charge in [0.25, 0.3) is 0 Å². The summed E-state index contributed by atoms with van der Waals surface area (Å²) >= 11 is 0. The van der Waals surface area contributed by atoms with Crippen LogP contribution in [0.3, 0.4) is 0 Å². The number of anilines is 1. The molecule has 2 aliphatic rings. The molecule has 0 fully saturated rings. The van der Waals surface area contributed by atoms with Gasteiger partial charge >= 0.3 is 5.97 Å². The molecule has 1 aromatic rings. The number of hydrogen-bond donors (Lipinski definition) is 2. The summed E-state index contributed by atoms with van der Waals surface area (Å²) in [4.78, 5) is 10.9. The Labute approximate surface area is 118 Å². The molecule has 0 bridgehead atoms.